The number of aliphatic hydroxyl groups is 1. The molecule has 0 aliphatic heterocycles. The fourth-order valence-electron chi connectivity index (χ4n) is 0.814. The second kappa shape index (κ2) is 4.93. The predicted octanol–water partition coefficient (Wildman–Crippen LogP) is 1.61. The number of esters is 1. The van der Waals surface area contributed by atoms with Crippen molar-refractivity contribution in [2.75, 3.05) is 0 Å². The van der Waals surface area contributed by atoms with E-state index < -0.39 is 11.8 Å². The van der Waals surface area contributed by atoms with Gasteiger partial charge in [0.2, 0.25) is 5.79 Å². The summed E-state index contributed by atoms with van der Waals surface area (Å²) in [6.45, 7) is 6.72. The van der Waals surface area contributed by atoms with Gasteiger partial charge in [0.1, 0.15) is 0 Å². The Morgan fingerprint density at radius 2 is 2.33 bits per heavy atom. The minimum atomic E-state index is -1.35. The molecule has 0 heterocycles. The lowest BCUT2D eigenvalue weighted by Crippen LogP contribution is -2.30. The van der Waals surface area contributed by atoms with Crippen LogP contribution < -0.4 is 0 Å². The van der Waals surface area contributed by atoms with Gasteiger partial charge in [-0.3, -0.25) is 0 Å². The van der Waals surface area contributed by atoms with Crippen molar-refractivity contribution in [1.82, 2.24) is 0 Å². The summed E-state index contributed by atoms with van der Waals surface area (Å²) in [5.41, 5.74) is 0. The van der Waals surface area contributed by atoms with E-state index in [1.165, 1.54) is 6.92 Å². The summed E-state index contributed by atoms with van der Waals surface area (Å²) in [4.78, 5) is 10.7. The first-order valence-electron chi connectivity index (χ1n) is 4.09. The average molecular weight is 172 g/mol. The molecule has 0 aliphatic rings. The molecule has 12 heavy (non-hydrogen) atoms. The Hall–Kier alpha value is -0.830. The van der Waals surface area contributed by atoms with Crippen LogP contribution >= 0.6 is 0 Å². The lowest BCUT2D eigenvalue weighted by molar-refractivity contribution is -0.199. The molecule has 0 saturated carbocycles. The van der Waals surface area contributed by atoms with Crippen molar-refractivity contribution in [3.63, 3.8) is 0 Å². The number of rotatable bonds is 5. The van der Waals surface area contributed by atoms with Gasteiger partial charge in [0.05, 0.1) is 0 Å². The molecule has 1 unspecified atom stereocenters. The fraction of sp³-hybridized carbons (Fsp3) is 0.667. The molecule has 70 valence electrons. The van der Waals surface area contributed by atoms with E-state index in [1.807, 2.05) is 6.92 Å². The Labute approximate surface area is 73.0 Å². The molecule has 0 aromatic rings. The maximum atomic E-state index is 10.7. The average Bonchev–Trinajstić information content (AvgIpc) is 2.00. The minimum Gasteiger partial charge on any atom is -0.430 e. The summed E-state index contributed by atoms with van der Waals surface area (Å²) in [5, 5.41) is 9.46. The first-order chi connectivity index (χ1) is 5.52. The number of hydrogen-bond acceptors (Lipinski definition) is 3. The number of ether oxygens (including phenoxy) is 1. The van der Waals surface area contributed by atoms with Gasteiger partial charge < -0.3 is 9.84 Å². The molecule has 0 amide bonds. The van der Waals surface area contributed by atoms with Crippen LogP contribution in [0, 0.1) is 0 Å². The second-order valence-electron chi connectivity index (χ2n) is 2.90. The van der Waals surface area contributed by atoms with Gasteiger partial charge in [0.15, 0.2) is 0 Å². The van der Waals surface area contributed by atoms with Gasteiger partial charge >= 0.3 is 5.97 Å². The fourth-order valence-corrected chi connectivity index (χ4v) is 0.814. The molecular weight excluding hydrogens is 156 g/mol. The third kappa shape index (κ3) is 4.91. The van der Waals surface area contributed by atoms with Crippen molar-refractivity contribution < 1.29 is 14.6 Å². The molecule has 0 rings (SSSR count). The first kappa shape index (κ1) is 11.2. The summed E-state index contributed by atoms with van der Waals surface area (Å²) in [5.74, 6) is -1.93. The van der Waals surface area contributed by atoms with E-state index in [2.05, 4.69) is 11.3 Å². The maximum Gasteiger partial charge on any atom is 0.332 e. The highest BCUT2D eigenvalue weighted by atomic mass is 16.7. The van der Waals surface area contributed by atoms with Crippen LogP contribution in [-0.2, 0) is 9.53 Å². The molecule has 0 radical (unpaired) electrons. The van der Waals surface area contributed by atoms with Crippen molar-refractivity contribution >= 4 is 5.97 Å². The van der Waals surface area contributed by atoms with Crippen molar-refractivity contribution in [2.45, 2.75) is 38.9 Å². The highest BCUT2D eigenvalue weighted by Crippen LogP contribution is 2.15. The van der Waals surface area contributed by atoms with Crippen LogP contribution in [0.4, 0.5) is 0 Å². The zero-order chi connectivity index (χ0) is 9.61. The van der Waals surface area contributed by atoms with Crippen molar-refractivity contribution in [3.05, 3.63) is 12.7 Å². The van der Waals surface area contributed by atoms with E-state index >= 15 is 0 Å². The zero-order valence-electron chi connectivity index (χ0n) is 7.67. The maximum absolute atomic E-state index is 10.7. The third-order valence-corrected chi connectivity index (χ3v) is 1.48. The molecule has 0 spiro atoms. The van der Waals surface area contributed by atoms with Crippen molar-refractivity contribution in [2.24, 2.45) is 0 Å². The summed E-state index contributed by atoms with van der Waals surface area (Å²) in [6, 6.07) is 0. The topological polar surface area (TPSA) is 46.5 Å². The van der Waals surface area contributed by atoms with Crippen molar-refractivity contribution in [1.29, 1.82) is 0 Å². The van der Waals surface area contributed by atoms with E-state index in [4.69, 9.17) is 0 Å². The van der Waals surface area contributed by atoms with Crippen LogP contribution in [0.5, 0.6) is 0 Å². The lowest BCUT2D eigenvalue weighted by atomic mass is 10.1. The summed E-state index contributed by atoms with van der Waals surface area (Å²) in [7, 11) is 0. The zero-order valence-corrected chi connectivity index (χ0v) is 7.67. The number of carbonyl (C=O) groups excluding carboxylic acids is 1. The third-order valence-electron chi connectivity index (χ3n) is 1.48. The van der Waals surface area contributed by atoms with Crippen LogP contribution in [0.2, 0.25) is 0 Å². The SMILES string of the molecule is C=CC(=O)OC(C)(O)CCCC. The molecular formula is C9H16O3. The van der Waals surface area contributed by atoms with Gasteiger partial charge in [0, 0.05) is 19.4 Å². The van der Waals surface area contributed by atoms with Crippen LogP contribution in [-0.4, -0.2) is 16.9 Å². The Kier molecular flexibility index (Phi) is 4.59. The van der Waals surface area contributed by atoms with E-state index in [1.54, 1.807) is 0 Å². The summed E-state index contributed by atoms with van der Waals surface area (Å²) < 4.78 is 4.69. The monoisotopic (exact) mass is 172 g/mol. The summed E-state index contributed by atoms with van der Waals surface area (Å²) >= 11 is 0. The molecule has 0 fully saturated rings. The van der Waals surface area contributed by atoms with Gasteiger partial charge in [-0.25, -0.2) is 4.79 Å². The molecule has 1 atom stereocenters. The molecule has 3 heteroatoms. The van der Waals surface area contributed by atoms with Gasteiger partial charge in [-0.2, -0.15) is 0 Å². The predicted molar refractivity (Wildman–Crippen MR) is 46.4 cm³/mol. The van der Waals surface area contributed by atoms with E-state index in [9.17, 15) is 9.90 Å². The number of carbonyl (C=O) groups is 1. The van der Waals surface area contributed by atoms with Gasteiger partial charge in [0.25, 0.3) is 0 Å². The molecule has 0 aromatic heterocycles. The minimum absolute atomic E-state index is 0.461. The normalized spacial score (nSPS) is 14.9. The molecule has 1 N–H and O–H groups in total. The van der Waals surface area contributed by atoms with Crippen molar-refractivity contribution in [3.8, 4) is 0 Å². The van der Waals surface area contributed by atoms with Crippen LogP contribution in [0.15, 0.2) is 12.7 Å². The first-order valence-corrected chi connectivity index (χ1v) is 4.09. The highest BCUT2D eigenvalue weighted by Gasteiger charge is 2.22. The van der Waals surface area contributed by atoms with E-state index in [-0.39, 0.29) is 0 Å². The highest BCUT2D eigenvalue weighted by molar-refractivity contribution is 5.81. The Balaban J connectivity index is 3.85. The quantitative estimate of drug-likeness (QED) is 0.389. The van der Waals surface area contributed by atoms with Crippen LogP contribution in [0.3, 0.4) is 0 Å². The molecule has 3 nitrogen and oxygen atoms in total. The molecule has 0 aliphatic carbocycles. The lowest BCUT2D eigenvalue weighted by Gasteiger charge is -2.22. The number of hydrogen-bond donors (Lipinski definition) is 1. The van der Waals surface area contributed by atoms with Crippen LogP contribution in [0.25, 0.3) is 0 Å². The van der Waals surface area contributed by atoms with E-state index in [0.29, 0.717) is 6.42 Å². The largest absolute Gasteiger partial charge is 0.430 e. The van der Waals surface area contributed by atoms with Gasteiger partial charge in [-0.15, -0.1) is 0 Å². The standard InChI is InChI=1S/C9H16O3/c1-4-6-7-9(3,11)12-8(10)5-2/h5,11H,2,4,6-7H2,1,3H3. The summed E-state index contributed by atoms with van der Waals surface area (Å²) in [6.07, 6.45) is 3.29. The van der Waals surface area contributed by atoms with E-state index in [0.717, 1.165) is 18.9 Å². The number of unbranched alkanes of at least 4 members (excludes halogenated alkanes) is 1. The molecule has 0 saturated heterocycles. The molecule has 0 aromatic carbocycles. The van der Waals surface area contributed by atoms with Gasteiger partial charge in [-0.1, -0.05) is 19.9 Å². The molecule has 0 bridgehead atoms. The van der Waals surface area contributed by atoms with Gasteiger partial charge in [-0.05, 0) is 6.42 Å². The Morgan fingerprint density at radius 3 is 2.75 bits per heavy atom. The Bertz CT molecular complexity index is 161. The second-order valence-corrected chi connectivity index (χ2v) is 2.90. The smallest absolute Gasteiger partial charge is 0.332 e. The Morgan fingerprint density at radius 1 is 1.75 bits per heavy atom. The van der Waals surface area contributed by atoms with Crippen LogP contribution in [0.1, 0.15) is 33.1 Å².